The highest BCUT2D eigenvalue weighted by molar-refractivity contribution is 7.89. The van der Waals surface area contributed by atoms with Crippen LogP contribution in [0.15, 0.2) is 0 Å². The van der Waals surface area contributed by atoms with Crippen LogP contribution in [0.1, 0.15) is 19.3 Å². The van der Waals surface area contributed by atoms with Gasteiger partial charge in [-0.1, -0.05) is 0 Å². The van der Waals surface area contributed by atoms with Gasteiger partial charge in [-0.2, -0.15) is 0 Å². The molecule has 1 fully saturated rings. The maximum absolute atomic E-state index is 11.4. The molecule has 0 aromatic carbocycles. The molecule has 0 saturated carbocycles. The molecule has 1 aliphatic rings. The molecular weight excluding hydrogens is 178 g/mol. The highest BCUT2D eigenvalue weighted by Gasteiger charge is 2.24. The lowest BCUT2D eigenvalue weighted by Gasteiger charge is -2.14. The Bertz CT molecular complexity index is 219. The van der Waals surface area contributed by atoms with Gasteiger partial charge < -0.3 is 5.11 Å². The van der Waals surface area contributed by atoms with Crippen LogP contribution < -0.4 is 0 Å². The summed E-state index contributed by atoms with van der Waals surface area (Å²) in [5.41, 5.74) is 0. The lowest BCUT2D eigenvalue weighted by Crippen LogP contribution is -2.30. The van der Waals surface area contributed by atoms with Crippen molar-refractivity contribution in [1.29, 1.82) is 0 Å². The van der Waals surface area contributed by atoms with Gasteiger partial charge in [-0.3, -0.25) is 0 Å². The quantitative estimate of drug-likeness (QED) is 0.672. The van der Waals surface area contributed by atoms with Gasteiger partial charge in [-0.15, -0.1) is 0 Å². The zero-order valence-corrected chi connectivity index (χ0v) is 7.89. The number of aliphatic hydroxyl groups excluding tert-OH is 1. The van der Waals surface area contributed by atoms with Crippen molar-refractivity contribution < 1.29 is 13.5 Å². The molecule has 0 aromatic rings. The van der Waals surface area contributed by atoms with Crippen LogP contribution >= 0.6 is 0 Å². The molecule has 0 spiro atoms. The Morgan fingerprint density at radius 1 is 1.25 bits per heavy atom. The van der Waals surface area contributed by atoms with E-state index in [1.165, 1.54) is 4.31 Å². The summed E-state index contributed by atoms with van der Waals surface area (Å²) in [6.07, 6.45) is 2.29. The molecule has 1 saturated heterocycles. The fraction of sp³-hybridized carbons (Fsp3) is 1.00. The Balaban J connectivity index is 2.46. The van der Waals surface area contributed by atoms with E-state index in [1.54, 1.807) is 0 Å². The van der Waals surface area contributed by atoms with Crippen LogP contribution in [0.5, 0.6) is 0 Å². The minimum absolute atomic E-state index is 0.0485. The minimum atomic E-state index is -3.05. The van der Waals surface area contributed by atoms with Crippen LogP contribution in [0.3, 0.4) is 0 Å². The lowest BCUT2D eigenvalue weighted by atomic mass is 10.4. The smallest absolute Gasteiger partial charge is 0.214 e. The predicted molar refractivity (Wildman–Crippen MR) is 46.3 cm³/mol. The molecular formula is C7H15NO3S. The molecule has 0 aliphatic carbocycles. The number of aliphatic hydroxyl groups is 1. The largest absolute Gasteiger partial charge is 0.396 e. The Labute approximate surface area is 73.2 Å². The summed E-state index contributed by atoms with van der Waals surface area (Å²) in [5.74, 6) is 0.0868. The van der Waals surface area contributed by atoms with E-state index in [1.807, 2.05) is 0 Å². The molecule has 0 aromatic heterocycles. The second-order valence-electron chi connectivity index (χ2n) is 3.00. The molecule has 1 aliphatic heterocycles. The maximum Gasteiger partial charge on any atom is 0.214 e. The fourth-order valence-electron chi connectivity index (χ4n) is 1.34. The van der Waals surface area contributed by atoms with Crippen molar-refractivity contribution in [3.05, 3.63) is 0 Å². The van der Waals surface area contributed by atoms with Crippen molar-refractivity contribution in [2.45, 2.75) is 19.3 Å². The van der Waals surface area contributed by atoms with Crippen LogP contribution in [0.25, 0.3) is 0 Å². The first-order valence-electron chi connectivity index (χ1n) is 4.25. The third kappa shape index (κ3) is 2.43. The van der Waals surface area contributed by atoms with Crippen molar-refractivity contribution >= 4 is 10.0 Å². The highest BCUT2D eigenvalue weighted by Crippen LogP contribution is 2.13. The van der Waals surface area contributed by atoms with Gasteiger partial charge in [0.05, 0.1) is 5.75 Å². The first kappa shape index (κ1) is 9.95. The minimum Gasteiger partial charge on any atom is -0.396 e. The SMILES string of the molecule is O=S(=O)(CCCO)N1CCCC1. The zero-order chi connectivity index (χ0) is 9.03. The normalized spacial score (nSPS) is 20.1. The molecule has 72 valence electrons. The summed E-state index contributed by atoms with van der Waals surface area (Å²) in [5, 5.41) is 8.49. The van der Waals surface area contributed by atoms with Gasteiger partial charge in [-0.05, 0) is 19.3 Å². The summed E-state index contributed by atoms with van der Waals surface area (Å²) >= 11 is 0. The lowest BCUT2D eigenvalue weighted by molar-refractivity contribution is 0.294. The van der Waals surface area contributed by atoms with Crippen molar-refractivity contribution in [2.75, 3.05) is 25.4 Å². The van der Waals surface area contributed by atoms with E-state index in [0.717, 1.165) is 12.8 Å². The van der Waals surface area contributed by atoms with E-state index in [0.29, 0.717) is 19.5 Å². The first-order chi connectivity index (χ1) is 5.67. The Morgan fingerprint density at radius 2 is 1.83 bits per heavy atom. The molecule has 0 atom stereocenters. The molecule has 0 radical (unpaired) electrons. The number of hydrogen-bond donors (Lipinski definition) is 1. The van der Waals surface area contributed by atoms with Crippen LogP contribution in [0, 0.1) is 0 Å². The Kier molecular flexibility index (Phi) is 3.49. The number of nitrogens with zero attached hydrogens (tertiary/aromatic N) is 1. The van der Waals surface area contributed by atoms with Gasteiger partial charge in [0.15, 0.2) is 0 Å². The van der Waals surface area contributed by atoms with Gasteiger partial charge in [0.1, 0.15) is 0 Å². The van der Waals surface area contributed by atoms with Gasteiger partial charge in [0.25, 0.3) is 0 Å². The van der Waals surface area contributed by atoms with Crippen LogP contribution in [-0.2, 0) is 10.0 Å². The third-order valence-electron chi connectivity index (χ3n) is 2.02. The first-order valence-corrected chi connectivity index (χ1v) is 5.86. The van der Waals surface area contributed by atoms with Gasteiger partial charge in [-0.25, -0.2) is 12.7 Å². The Morgan fingerprint density at radius 3 is 2.33 bits per heavy atom. The average molecular weight is 193 g/mol. The van der Waals surface area contributed by atoms with E-state index in [-0.39, 0.29) is 12.4 Å². The molecule has 0 amide bonds. The van der Waals surface area contributed by atoms with E-state index in [2.05, 4.69) is 0 Å². The summed E-state index contributed by atoms with van der Waals surface area (Å²) in [4.78, 5) is 0. The number of rotatable bonds is 4. The summed E-state index contributed by atoms with van der Waals surface area (Å²) in [7, 11) is -3.05. The van der Waals surface area contributed by atoms with E-state index in [4.69, 9.17) is 5.11 Å². The van der Waals surface area contributed by atoms with Crippen LogP contribution in [0.2, 0.25) is 0 Å². The molecule has 0 bridgehead atoms. The van der Waals surface area contributed by atoms with Crippen molar-refractivity contribution in [2.24, 2.45) is 0 Å². The van der Waals surface area contributed by atoms with Crippen LogP contribution in [0.4, 0.5) is 0 Å². The summed E-state index contributed by atoms with van der Waals surface area (Å²) in [6.45, 7) is 1.27. The topological polar surface area (TPSA) is 57.6 Å². The van der Waals surface area contributed by atoms with E-state index >= 15 is 0 Å². The second kappa shape index (κ2) is 4.20. The number of sulfonamides is 1. The molecule has 1 rings (SSSR count). The fourth-order valence-corrected chi connectivity index (χ4v) is 2.91. The molecule has 5 heteroatoms. The van der Waals surface area contributed by atoms with Crippen LogP contribution in [-0.4, -0.2) is 43.3 Å². The van der Waals surface area contributed by atoms with Gasteiger partial charge in [0.2, 0.25) is 10.0 Å². The highest BCUT2D eigenvalue weighted by atomic mass is 32.2. The monoisotopic (exact) mass is 193 g/mol. The molecule has 12 heavy (non-hydrogen) atoms. The molecule has 1 heterocycles. The maximum atomic E-state index is 11.4. The standard InChI is InChI=1S/C7H15NO3S/c9-6-3-7-12(10,11)8-4-1-2-5-8/h9H,1-7H2. The van der Waals surface area contributed by atoms with Crippen molar-refractivity contribution in [3.63, 3.8) is 0 Å². The van der Waals surface area contributed by atoms with Gasteiger partial charge in [0, 0.05) is 19.7 Å². The number of hydrogen-bond acceptors (Lipinski definition) is 3. The molecule has 4 nitrogen and oxygen atoms in total. The van der Waals surface area contributed by atoms with Crippen molar-refractivity contribution in [1.82, 2.24) is 4.31 Å². The third-order valence-corrected chi connectivity index (χ3v) is 3.98. The average Bonchev–Trinajstić information content (AvgIpc) is 2.53. The molecule has 1 N–H and O–H groups in total. The van der Waals surface area contributed by atoms with Crippen molar-refractivity contribution in [3.8, 4) is 0 Å². The van der Waals surface area contributed by atoms with Gasteiger partial charge >= 0.3 is 0 Å². The summed E-state index contributed by atoms with van der Waals surface area (Å²) in [6, 6.07) is 0. The summed E-state index contributed by atoms with van der Waals surface area (Å²) < 4.78 is 24.3. The predicted octanol–water partition coefficient (Wildman–Crippen LogP) is -0.206. The Hall–Kier alpha value is -0.130. The van der Waals surface area contributed by atoms with E-state index in [9.17, 15) is 8.42 Å². The zero-order valence-electron chi connectivity index (χ0n) is 7.07. The molecule has 0 unspecified atom stereocenters. The van der Waals surface area contributed by atoms with E-state index < -0.39 is 10.0 Å². The second-order valence-corrected chi connectivity index (χ2v) is 5.09.